The van der Waals surface area contributed by atoms with E-state index in [1.165, 1.54) is 16.9 Å². The third-order valence-corrected chi connectivity index (χ3v) is 3.66. The third-order valence-electron chi connectivity index (χ3n) is 2.94. The van der Waals surface area contributed by atoms with Gasteiger partial charge in [-0.3, -0.25) is 4.79 Å². The molecule has 19 heavy (non-hydrogen) atoms. The number of hydrogen-bond donors (Lipinski definition) is 3. The molecular formula is C14H19N3OS. The number of nitrogens with one attached hydrogen (secondary N) is 2. The van der Waals surface area contributed by atoms with Crippen LogP contribution in [0, 0.1) is 0 Å². The molecule has 0 aliphatic rings. The largest absolute Gasteiger partial charge is 0.327 e. The van der Waals surface area contributed by atoms with Crippen molar-refractivity contribution in [3.63, 3.8) is 0 Å². The van der Waals surface area contributed by atoms with E-state index in [1.807, 2.05) is 23.6 Å². The van der Waals surface area contributed by atoms with E-state index in [9.17, 15) is 4.79 Å². The zero-order valence-corrected chi connectivity index (χ0v) is 11.6. The maximum Gasteiger partial charge on any atom is 0.304 e. The van der Waals surface area contributed by atoms with Gasteiger partial charge in [-0.2, -0.15) is 0 Å². The van der Waals surface area contributed by atoms with Crippen molar-refractivity contribution in [1.82, 2.24) is 10.3 Å². The Labute approximate surface area is 116 Å². The summed E-state index contributed by atoms with van der Waals surface area (Å²) in [6, 6.07) is 10.5. The van der Waals surface area contributed by atoms with Crippen molar-refractivity contribution in [2.24, 2.45) is 5.73 Å². The first kappa shape index (κ1) is 14.0. The van der Waals surface area contributed by atoms with Crippen molar-refractivity contribution in [1.29, 1.82) is 0 Å². The molecule has 0 bridgehead atoms. The van der Waals surface area contributed by atoms with Crippen LogP contribution in [0.5, 0.6) is 0 Å². The maximum atomic E-state index is 11.0. The van der Waals surface area contributed by atoms with Gasteiger partial charge in [0.1, 0.15) is 0 Å². The molecule has 1 aromatic carbocycles. The highest BCUT2D eigenvalue weighted by Crippen LogP contribution is 2.03. The molecule has 2 aromatic rings. The summed E-state index contributed by atoms with van der Waals surface area (Å²) in [5.41, 5.74) is 8.30. The fourth-order valence-electron chi connectivity index (χ4n) is 1.89. The molecule has 2 rings (SSSR count). The van der Waals surface area contributed by atoms with Crippen LogP contribution in [0.15, 0.2) is 40.5 Å². The molecule has 1 atom stereocenters. The molecule has 1 aromatic heterocycles. The lowest BCUT2D eigenvalue weighted by atomic mass is 10.1. The van der Waals surface area contributed by atoms with E-state index in [4.69, 9.17) is 5.73 Å². The van der Waals surface area contributed by atoms with E-state index in [-0.39, 0.29) is 10.9 Å². The molecule has 4 N–H and O–H groups in total. The van der Waals surface area contributed by atoms with Crippen LogP contribution in [-0.4, -0.2) is 17.6 Å². The highest BCUT2D eigenvalue weighted by Gasteiger charge is 2.03. The lowest BCUT2D eigenvalue weighted by molar-refractivity contribution is 0.541. The molecule has 0 fully saturated rings. The zero-order valence-electron chi connectivity index (χ0n) is 10.8. The van der Waals surface area contributed by atoms with Gasteiger partial charge >= 0.3 is 4.87 Å². The SMILES string of the molecule is NC(CCc1ccccc1)CNCc1csc(=O)[nH]1. The molecule has 1 heterocycles. The van der Waals surface area contributed by atoms with E-state index in [0.717, 1.165) is 25.1 Å². The van der Waals surface area contributed by atoms with Gasteiger partial charge in [0.25, 0.3) is 0 Å². The number of nitrogens with two attached hydrogens (primary N) is 1. The summed E-state index contributed by atoms with van der Waals surface area (Å²) in [4.78, 5) is 13.7. The summed E-state index contributed by atoms with van der Waals surface area (Å²) < 4.78 is 0. The minimum Gasteiger partial charge on any atom is -0.327 e. The van der Waals surface area contributed by atoms with Gasteiger partial charge in [-0.05, 0) is 18.4 Å². The van der Waals surface area contributed by atoms with Crippen LogP contribution in [0.2, 0.25) is 0 Å². The number of aromatic nitrogens is 1. The van der Waals surface area contributed by atoms with Crippen molar-refractivity contribution in [3.05, 3.63) is 56.6 Å². The second-order valence-electron chi connectivity index (χ2n) is 4.59. The molecule has 5 heteroatoms. The standard InChI is InChI=1S/C14H19N3OS/c15-12(7-6-11-4-2-1-3-5-11)8-16-9-13-10-19-14(18)17-13/h1-5,10,12,16H,6-9,15H2,(H,17,18). The molecular weight excluding hydrogens is 258 g/mol. The molecule has 0 saturated heterocycles. The van der Waals surface area contributed by atoms with Crippen molar-refractivity contribution in [2.45, 2.75) is 25.4 Å². The second-order valence-corrected chi connectivity index (χ2v) is 5.43. The summed E-state index contributed by atoms with van der Waals surface area (Å²) in [6.07, 6.45) is 1.95. The third kappa shape index (κ3) is 4.98. The van der Waals surface area contributed by atoms with Crippen LogP contribution in [0.4, 0.5) is 0 Å². The molecule has 0 aliphatic carbocycles. The first-order chi connectivity index (χ1) is 9.24. The minimum absolute atomic E-state index is 0.00910. The molecule has 4 nitrogen and oxygen atoms in total. The predicted molar refractivity (Wildman–Crippen MR) is 79.4 cm³/mol. The number of hydrogen-bond acceptors (Lipinski definition) is 4. The summed E-state index contributed by atoms with van der Waals surface area (Å²) in [5, 5.41) is 5.10. The Kier molecular flexibility index (Phi) is 5.32. The molecule has 0 amide bonds. The van der Waals surface area contributed by atoms with E-state index in [2.05, 4.69) is 22.4 Å². The second kappa shape index (κ2) is 7.23. The minimum atomic E-state index is -0.00910. The lowest BCUT2D eigenvalue weighted by Gasteiger charge is -2.12. The number of benzene rings is 1. The Bertz CT molecular complexity index is 535. The molecule has 1 unspecified atom stereocenters. The van der Waals surface area contributed by atoms with Crippen molar-refractivity contribution in [2.75, 3.05) is 6.54 Å². The number of rotatable bonds is 7. The van der Waals surface area contributed by atoms with Crippen molar-refractivity contribution in [3.8, 4) is 0 Å². The number of H-pyrrole nitrogens is 1. The number of thiazole rings is 1. The normalized spacial score (nSPS) is 12.5. The summed E-state index contributed by atoms with van der Waals surface area (Å²) in [7, 11) is 0. The zero-order chi connectivity index (χ0) is 13.5. The Morgan fingerprint density at radius 3 is 2.79 bits per heavy atom. The van der Waals surface area contributed by atoms with E-state index in [0.29, 0.717) is 6.54 Å². The monoisotopic (exact) mass is 277 g/mol. The molecule has 102 valence electrons. The Balaban J connectivity index is 1.64. The van der Waals surface area contributed by atoms with E-state index >= 15 is 0 Å². The predicted octanol–water partition coefficient (Wildman–Crippen LogP) is 1.49. The van der Waals surface area contributed by atoms with E-state index < -0.39 is 0 Å². The van der Waals surface area contributed by atoms with Crippen molar-refractivity contribution >= 4 is 11.3 Å². The quantitative estimate of drug-likeness (QED) is 0.718. The smallest absolute Gasteiger partial charge is 0.304 e. The summed E-state index contributed by atoms with van der Waals surface area (Å²) >= 11 is 1.19. The Morgan fingerprint density at radius 1 is 1.32 bits per heavy atom. The van der Waals surface area contributed by atoms with Gasteiger partial charge < -0.3 is 16.0 Å². The van der Waals surface area contributed by atoms with Gasteiger partial charge in [-0.1, -0.05) is 41.7 Å². The summed E-state index contributed by atoms with van der Waals surface area (Å²) in [6.45, 7) is 1.42. The maximum absolute atomic E-state index is 11.0. The van der Waals surface area contributed by atoms with Gasteiger partial charge in [-0.15, -0.1) is 0 Å². The summed E-state index contributed by atoms with van der Waals surface area (Å²) in [5.74, 6) is 0. The fraction of sp³-hybridized carbons (Fsp3) is 0.357. The van der Waals surface area contributed by atoms with Gasteiger partial charge in [0.15, 0.2) is 0 Å². The molecule has 0 radical (unpaired) electrons. The van der Waals surface area contributed by atoms with Crippen LogP contribution in [-0.2, 0) is 13.0 Å². The van der Waals surface area contributed by atoms with Crippen molar-refractivity contribution < 1.29 is 0 Å². The molecule has 0 saturated carbocycles. The molecule has 0 aliphatic heterocycles. The average molecular weight is 277 g/mol. The Morgan fingerprint density at radius 2 is 2.11 bits per heavy atom. The van der Waals surface area contributed by atoms with Gasteiger partial charge in [0, 0.05) is 30.2 Å². The van der Waals surface area contributed by atoms with Crippen LogP contribution >= 0.6 is 11.3 Å². The highest BCUT2D eigenvalue weighted by atomic mass is 32.1. The average Bonchev–Trinajstić information content (AvgIpc) is 2.83. The van der Waals surface area contributed by atoms with E-state index in [1.54, 1.807) is 0 Å². The van der Waals surface area contributed by atoms with Crippen LogP contribution < -0.4 is 15.9 Å². The van der Waals surface area contributed by atoms with Crippen LogP contribution in [0.25, 0.3) is 0 Å². The van der Waals surface area contributed by atoms with Gasteiger partial charge in [-0.25, -0.2) is 0 Å². The first-order valence-electron chi connectivity index (χ1n) is 6.41. The number of aromatic amines is 1. The van der Waals surface area contributed by atoms with Crippen LogP contribution in [0.1, 0.15) is 17.7 Å². The molecule has 0 spiro atoms. The lowest BCUT2D eigenvalue weighted by Crippen LogP contribution is -2.34. The fourth-order valence-corrected chi connectivity index (χ4v) is 2.47. The topological polar surface area (TPSA) is 70.9 Å². The Hall–Kier alpha value is -1.43. The van der Waals surface area contributed by atoms with Crippen LogP contribution in [0.3, 0.4) is 0 Å². The highest BCUT2D eigenvalue weighted by molar-refractivity contribution is 7.07. The van der Waals surface area contributed by atoms with Gasteiger partial charge in [0.05, 0.1) is 0 Å². The first-order valence-corrected chi connectivity index (χ1v) is 7.29. The van der Waals surface area contributed by atoms with Gasteiger partial charge in [0.2, 0.25) is 0 Å². The number of aryl methyl sites for hydroxylation is 1.